The maximum absolute atomic E-state index is 11.5. The van der Waals surface area contributed by atoms with Gasteiger partial charge in [0, 0.05) is 17.8 Å². The average molecular weight is 206 g/mol. The summed E-state index contributed by atoms with van der Waals surface area (Å²) in [4.78, 5) is 22.9. The molecule has 0 bridgehead atoms. The summed E-state index contributed by atoms with van der Waals surface area (Å²) >= 11 is 1.42. The fraction of sp³-hybridized carbons (Fsp3) is 0. The van der Waals surface area contributed by atoms with Crippen LogP contribution in [0.5, 0.6) is 0 Å². The van der Waals surface area contributed by atoms with E-state index >= 15 is 0 Å². The maximum Gasteiger partial charge on any atom is 0.259 e. The summed E-state index contributed by atoms with van der Waals surface area (Å²) in [6, 6.07) is 0. The number of aromatic nitrogens is 3. The molecular weight excluding hydrogens is 200 g/mol. The first-order chi connectivity index (χ1) is 6.86. The molecule has 5 nitrogen and oxygen atoms in total. The minimum Gasteiger partial charge on any atom is -0.306 e. The lowest BCUT2D eigenvalue weighted by atomic mass is 10.3. The Kier molecular flexibility index (Phi) is 2.46. The molecular formula is C8H6N4OS. The van der Waals surface area contributed by atoms with Gasteiger partial charge in [0.15, 0.2) is 0 Å². The molecule has 0 aromatic carbocycles. The highest BCUT2D eigenvalue weighted by Gasteiger charge is 2.06. The van der Waals surface area contributed by atoms with Gasteiger partial charge in [0.1, 0.15) is 12.1 Å². The predicted octanol–water partition coefficient (Wildman–Crippen LogP) is 1.19. The first-order valence-electron chi connectivity index (χ1n) is 3.81. The zero-order chi connectivity index (χ0) is 9.80. The van der Waals surface area contributed by atoms with Crippen LogP contribution in [0.4, 0.5) is 5.82 Å². The van der Waals surface area contributed by atoms with Gasteiger partial charge in [-0.05, 0) is 0 Å². The number of amides is 1. The normalized spacial score (nSPS) is 9.71. The molecule has 2 heterocycles. The van der Waals surface area contributed by atoms with Gasteiger partial charge >= 0.3 is 0 Å². The predicted molar refractivity (Wildman–Crippen MR) is 52.1 cm³/mol. The van der Waals surface area contributed by atoms with Gasteiger partial charge in [-0.25, -0.2) is 15.0 Å². The van der Waals surface area contributed by atoms with Gasteiger partial charge in [-0.2, -0.15) is 0 Å². The second kappa shape index (κ2) is 3.93. The van der Waals surface area contributed by atoms with Crippen molar-refractivity contribution >= 4 is 23.1 Å². The standard InChI is InChI=1S/C8H6N4OS/c13-8(6-1-9-4-10-2-6)12-7-3-14-5-11-7/h1-5H,(H,12,13). The van der Waals surface area contributed by atoms with Crippen LogP contribution >= 0.6 is 11.3 Å². The number of carbonyl (C=O) groups is 1. The number of nitrogens with one attached hydrogen (secondary N) is 1. The lowest BCUT2D eigenvalue weighted by molar-refractivity contribution is 0.102. The summed E-state index contributed by atoms with van der Waals surface area (Å²) in [6.07, 6.45) is 4.28. The van der Waals surface area contributed by atoms with E-state index in [4.69, 9.17) is 0 Å². The molecule has 2 rings (SSSR count). The van der Waals surface area contributed by atoms with Gasteiger partial charge in [0.05, 0.1) is 11.1 Å². The lowest BCUT2D eigenvalue weighted by Gasteiger charge is -1.99. The van der Waals surface area contributed by atoms with Gasteiger partial charge in [-0.3, -0.25) is 4.79 Å². The monoisotopic (exact) mass is 206 g/mol. The third kappa shape index (κ3) is 1.91. The highest BCUT2D eigenvalue weighted by Crippen LogP contribution is 2.08. The van der Waals surface area contributed by atoms with Crippen molar-refractivity contribution in [2.24, 2.45) is 0 Å². The van der Waals surface area contributed by atoms with Crippen molar-refractivity contribution in [1.29, 1.82) is 0 Å². The molecule has 0 aliphatic heterocycles. The van der Waals surface area contributed by atoms with E-state index in [1.165, 1.54) is 30.1 Å². The van der Waals surface area contributed by atoms with Crippen LogP contribution in [-0.4, -0.2) is 20.9 Å². The first kappa shape index (κ1) is 8.76. The van der Waals surface area contributed by atoms with E-state index in [0.29, 0.717) is 11.4 Å². The molecule has 0 spiro atoms. The zero-order valence-corrected chi connectivity index (χ0v) is 7.86. The molecule has 14 heavy (non-hydrogen) atoms. The molecule has 70 valence electrons. The molecule has 0 unspecified atom stereocenters. The fourth-order valence-electron chi connectivity index (χ4n) is 0.879. The maximum atomic E-state index is 11.5. The van der Waals surface area contributed by atoms with Crippen LogP contribution < -0.4 is 5.32 Å². The van der Waals surface area contributed by atoms with Crippen molar-refractivity contribution in [3.05, 3.63) is 35.2 Å². The molecule has 0 fully saturated rings. The summed E-state index contributed by atoms with van der Waals surface area (Å²) in [5, 5.41) is 4.37. The van der Waals surface area contributed by atoms with E-state index in [1.54, 1.807) is 10.9 Å². The highest BCUT2D eigenvalue weighted by molar-refractivity contribution is 7.07. The van der Waals surface area contributed by atoms with Crippen molar-refractivity contribution in [1.82, 2.24) is 15.0 Å². The third-order valence-corrected chi connectivity index (χ3v) is 2.08. The van der Waals surface area contributed by atoms with Crippen molar-refractivity contribution in [3.63, 3.8) is 0 Å². The Bertz CT molecular complexity index is 414. The second-order valence-corrected chi connectivity index (χ2v) is 3.17. The van der Waals surface area contributed by atoms with E-state index < -0.39 is 0 Å². The summed E-state index contributed by atoms with van der Waals surface area (Å²) < 4.78 is 0. The molecule has 6 heteroatoms. The number of carbonyl (C=O) groups excluding carboxylic acids is 1. The van der Waals surface area contributed by atoms with E-state index in [9.17, 15) is 4.79 Å². The van der Waals surface area contributed by atoms with Crippen molar-refractivity contribution in [3.8, 4) is 0 Å². The van der Waals surface area contributed by atoms with Gasteiger partial charge < -0.3 is 5.32 Å². The molecule has 0 saturated carbocycles. The SMILES string of the molecule is O=C(Nc1cscn1)c1cncnc1. The number of hydrogen-bond donors (Lipinski definition) is 1. The van der Waals surface area contributed by atoms with E-state index in [1.807, 2.05) is 0 Å². The topological polar surface area (TPSA) is 67.8 Å². The van der Waals surface area contributed by atoms with E-state index in [-0.39, 0.29) is 5.91 Å². The molecule has 0 aliphatic carbocycles. The summed E-state index contributed by atoms with van der Waals surface area (Å²) in [6.45, 7) is 0. The molecule has 2 aromatic heterocycles. The van der Waals surface area contributed by atoms with Crippen molar-refractivity contribution in [2.75, 3.05) is 5.32 Å². The third-order valence-electron chi connectivity index (χ3n) is 1.50. The molecule has 2 aromatic rings. The number of rotatable bonds is 2. The number of hydrogen-bond acceptors (Lipinski definition) is 5. The minimum atomic E-state index is -0.253. The van der Waals surface area contributed by atoms with Gasteiger partial charge in [0.2, 0.25) is 0 Å². The van der Waals surface area contributed by atoms with E-state index in [0.717, 1.165) is 0 Å². The van der Waals surface area contributed by atoms with Crippen molar-refractivity contribution in [2.45, 2.75) is 0 Å². The van der Waals surface area contributed by atoms with Crippen LogP contribution in [0.15, 0.2) is 29.6 Å². The molecule has 0 saturated heterocycles. The first-order valence-corrected chi connectivity index (χ1v) is 4.75. The summed E-state index contributed by atoms with van der Waals surface area (Å²) in [5.74, 6) is 0.292. The molecule has 1 amide bonds. The molecule has 0 atom stereocenters. The van der Waals surface area contributed by atoms with Gasteiger partial charge in [0.25, 0.3) is 5.91 Å². The average Bonchev–Trinajstić information content (AvgIpc) is 2.72. The number of anilines is 1. The van der Waals surface area contributed by atoms with Crippen LogP contribution in [0.25, 0.3) is 0 Å². The van der Waals surface area contributed by atoms with Crippen molar-refractivity contribution < 1.29 is 4.79 Å². The molecule has 0 aliphatic rings. The smallest absolute Gasteiger partial charge is 0.259 e. The fourth-order valence-corrected chi connectivity index (χ4v) is 1.36. The minimum absolute atomic E-state index is 0.253. The Labute approximate surface area is 83.9 Å². The Morgan fingerprint density at radius 2 is 2.14 bits per heavy atom. The quantitative estimate of drug-likeness (QED) is 0.801. The lowest BCUT2D eigenvalue weighted by Crippen LogP contribution is -2.12. The largest absolute Gasteiger partial charge is 0.306 e. The molecule has 1 N–H and O–H groups in total. The summed E-state index contributed by atoms with van der Waals surface area (Å²) in [7, 11) is 0. The Hall–Kier alpha value is -1.82. The van der Waals surface area contributed by atoms with Crippen LogP contribution in [0.2, 0.25) is 0 Å². The van der Waals surface area contributed by atoms with Gasteiger partial charge in [-0.1, -0.05) is 0 Å². The Morgan fingerprint density at radius 1 is 1.36 bits per heavy atom. The highest BCUT2D eigenvalue weighted by atomic mass is 32.1. The second-order valence-electron chi connectivity index (χ2n) is 2.45. The van der Waals surface area contributed by atoms with Gasteiger partial charge in [-0.15, -0.1) is 11.3 Å². The molecule has 0 radical (unpaired) electrons. The number of nitrogens with zero attached hydrogens (tertiary/aromatic N) is 3. The Morgan fingerprint density at radius 3 is 2.79 bits per heavy atom. The zero-order valence-electron chi connectivity index (χ0n) is 7.04. The number of thiazole rings is 1. The van der Waals surface area contributed by atoms with Crippen LogP contribution in [0.3, 0.4) is 0 Å². The van der Waals surface area contributed by atoms with Crippen LogP contribution in [0.1, 0.15) is 10.4 Å². The van der Waals surface area contributed by atoms with Crippen LogP contribution in [0, 0.1) is 0 Å². The van der Waals surface area contributed by atoms with E-state index in [2.05, 4.69) is 20.3 Å². The summed E-state index contributed by atoms with van der Waals surface area (Å²) in [5.41, 5.74) is 2.07. The van der Waals surface area contributed by atoms with Crippen LogP contribution in [-0.2, 0) is 0 Å². The Balaban J connectivity index is 2.11.